The van der Waals surface area contributed by atoms with E-state index in [0.717, 1.165) is 12.1 Å². The number of hydrogen-bond donors (Lipinski definition) is 1. The van der Waals surface area contributed by atoms with Crippen LogP contribution < -0.4 is 4.72 Å². The monoisotopic (exact) mass is 348 g/mol. The highest BCUT2D eigenvalue weighted by Gasteiger charge is 2.20. The minimum absolute atomic E-state index is 0.159. The molecule has 1 aromatic carbocycles. The number of anilines is 1. The van der Waals surface area contributed by atoms with Crippen molar-refractivity contribution in [3.63, 3.8) is 0 Å². The van der Waals surface area contributed by atoms with Crippen LogP contribution in [0.3, 0.4) is 0 Å². The Hall–Kier alpha value is -1.54. The zero-order valence-corrected chi connectivity index (χ0v) is 11.7. The molecule has 2 rings (SSSR count). The van der Waals surface area contributed by atoms with Gasteiger partial charge in [-0.15, -0.1) is 0 Å². The molecular weight excluding hydrogens is 342 g/mol. The minimum atomic E-state index is -4.14. The van der Waals surface area contributed by atoms with Crippen molar-refractivity contribution in [2.75, 3.05) is 4.72 Å². The fraction of sp³-hybridized carbons (Fsp3) is 0. The van der Waals surface area contributed by atoms with Crippen molar-refractivity contribution < 1.29 is 17.2 Å². The first-order chi connectivity index (χ1) is 8.90. The van der Waals surface area contributed by atoms with E-state index in [4.69, 9.17) is 0 Å². The van der Waals surface area contributed by atoms with Crippen molar-refractivity contribution in [1.29, 1.82) is 0 Å². The molecular formula is C11H7BrF2N2O2S. The lowest BCUT2D eigenvalue weighted by molar-refractivity contribution is 0.551. The molecule has 4 nitrogen and oxygen atoms in total. The average molecular weight is 349 g/mol. The number of halogens is 3. The zero-order valence-electron chi connectivity index (χ0n) is 9.27. The number of aromatic nitrogens is 1. The maximum atomic E-state index is 13.5. The van der Waals surface area contributed by atoms with Gasteiger partial charge in [-0.1, -0.05) is 0 Å². The Morgan fingerprint density at radius 3 is 2.58 bits per heavy atom. The van der Waals surface area contributed by atoms with Gasteiger partial charge in [-0.2, -0.15) is 0 Å². The van der Waals surface area contributed by atoms with Crippen LogP contribution in [-0.4, -0.2) is 13.4 Å². The van der Waals surface area contributed by atoms with Gasteiger partial charge in [0.05, 0.1) is 5.69 Å². The van der Waals surface area contributed by atoms with Gasteiger partial charge >= 0.3 is 0 Å². The van der Waals surface area contributed by atoms with Crippen LogP contribution in [0.1, 0.15) is 0 Å². The molecule has 0 saturated carbocycles. The van der Waals surface area contributed by atoms with Gasteiger partial charge < -0.3 is 0 Å². The molecule has 0 unspecified atom stereocenters. The first-order valence-corrected chi connectivity index (χ1v) is 7.26. The summed E-state index contributed by atoms with van der Waals surface area (Å²) >= 11 is 3.06. The molecule has 0 atom stereocenters. The number of nitrogens with zero attached hydrogens (tertiary/aromatic N) is 1. The largest absolute Gasteiger partial charge is 0.277 e. The van der Waals surface area contributed by atoms with Crippen molar-refractivity contribution in [3.8, 4) is 0 Å². The molecule has 2 aromatic rings. The van der Waals surface area contributed by atoms with Gasteiger partial charge in [-0.05, 0) is 40.2 Å². The fourth-order valence-electron chi connectivity index (χ4n) is 1.36. The summed E-state index contributed by atoms with van der Waals surface area (Å²) in [7, 11) is -4.14. The van der Waals surface area contributed by atoms with E-state index >= 15 is 0 Å². The van der Waals surface area contributed by atoms with Crippen molar-refractivity contribution >= 4 is 31.6 Å². The summed E-state index contributed by atoms with van der Waals surface area (Å²) in [5.41, 5.74) is 0.159. The normalized spacial score (nSPS) is 11.3. The summed E-state index contributed by atoms with van der Waals surface area (Å²) in [5, 5.41) is 0. The van der Waals surface area contributed by atoms with Gasteiger partial charge in [0.15, 0.2) is 0 Å². The highest BCUT2D eigenvalue weighted by atomic mass is 79.9. The summed E-state index contributed by atoms with van der Waals surface area (Å²) < 4.78 is 52.6. The number of pyridine rings is 1. The molecule has 0 aliphatic carbocycles. The molecule has 19 heavy (non-hydrogen) atoms. The molecule has 0 fully saturated rings. The summed E-state index contributed by atoms with van der Waals surface area (Å²) in [5.74, 6) is -2.01. The van der Waals surface area contributed by atoms with E-state index < -0.39 is 26.6 Å². The van der Waals surface area contributed by atoms with Crippen molar-refractivity contribution in [3.05, 3.63) is 52.8 Å². The third kappa shape index (κ3) is 3.07. The van der Waals surface area contributed by atoms with E-state index in [2.05, 4.69) is 25.6 Å². The second kappa shape index (κ2) is 5.22. The van der Waals surface area contributed by atoms with Crippen LogP contribution in [0.2, 0.25) is 0 Å². The minimum Gasteiger partial charge on any atom is -0.277 e. The molecule has 8 heteroatoms. The molecule has 0 radical (unpaired) electrons. The highest BCUT2D eigenvalue weighted by molar-refractivity contribution is 9.10. The van der Waals surface area contributed by atoms with Crippen molar-refractivity contribution in [1.82, 2.24) is 4.98 Å². The number of hydrogen-bond acceptors (Lipinski definition) is 3. The van der Waals surface area contributed by atoms with E-state index in [1.807, 2.05) is 0 Å². The molecule has 1 heterocycles. The van der Waals surface area contributed by atoms with Crippen molar-refractivity contribution in [2.24, 2.45) is 0 Å². The van der Waals surface area contributed by atoms with E-state index in [9.17, 15) is 17.2 Å². The Bertz CT molecular complexity index is 722. The summed E-state index contributed by atoms with van der Waals surface area (Å²) in [6.45, 7) is 0. The molecule has 0 bridgehead atoms. The number of rotatable bonds is 3. The molecule has 0 aliphatic heterocycles. The van der Waals surface area contributed by atoms with Crippen LogP contribution in [0, 0.1) is 11.6 Å². The second-order valence-corrected chi connectivity index (χ2v) is 5.92. The SMILES string of the molecule is O=S(=O)(Nc1cccnc1Br)c1ccc(F)cc1F. The Balaban J connectivity index is 2.41. The van der Waals surface area contributed by atoms with Gasteiger partial charge in [-0.25, -0.2) is 22.2 Å². The van der Waals surface area contributed by atoms with Gasteiger partial charge in [0.2, 0.25) is 0 Å². The van der Waals surface area contributed by atoms with E-state index in [1.54, 1.807) is 0 Å². The third-order valence-corrected chi connectivity index (χ3v) is 4.22. The summed E-state index contributed by atoms with van der Waals surface area (Å²) in [4.78, 5) is 3.19. The average Bonchev–Trinajstić information content (AvgIpc) is 2.31. The Morgan fingerprint density at radius 1 is 1.21 bits per heavy atom. The molecule has 100 valence electrons. The first-order valence-electron chi connectivity index (χ1n) is 4.98. The lowest BCUT2D eigenvalue weighted by Crippen LogP contribution is -2.15. The van der Waals surface area contributed by atoms with E-state index in [-0.39, 0.29) is 10.3 Å². The Kier molecular flexibility index (Phi) is 3.81. The van der Waals surface area contributed by atoms with Crippen LogP contribution >= 0.6 is 15.9 Å². The lowest BCUT2D eigenvalue weighted by Gasteiger charge is -2.09. The quantitative estimate of drug-likeness (QED) is 0.867. The molecule has 0 spiro atoms. The summed E-state index contributed by atoms with van der Waals surface area (Å²) in [6, 6.07) is 5.21. The molecule has 1 N–H and O–H groups in total. The topological polar surface area (TPSA) is 59.1 Å². The van der Waals surface area contributed by atoms with E-state index in [0.29, 0.717) is 6.07 Å². The first kappa shape index (κ1) is 13.9. The van der Waals surface area contributed by atoms with Crippen molar-refractivity contribution in [2.45, 2.75) is 4.90 Å². The highest BCUT2D eigenvalue weighted by Crippen LogP contribution is 2.23. The van der Waals surface area contributed by atoms with Crippen LogP contribution in [0.4, 0.5) is 14.5 Å². The number of sulfonamides is 1. The maximum absolute atomic E-state index is 13.5. The Labute approximate surface area is 116 Å². The van der Waals surface area contributed by atoms with E-state index in [1.165, 1.54) is 18.3 Å². The second-order valence-electron chi connectivity index (χ2n) is 3.52. The lowest BCUT2D eigenvalue weighted by atomic mass is 10.3. The third-order valence-electron chi connectivity index (χ3n) is 2.19. The van der Waals surface area contributed by atoms with Crippen LogP contribution in [0.25, 0.3) is 0 Å². The van der Waals surface area contributed by atoms with Crippen LogP contribution in [-0.2, 0) is 10.0 Å². The maximum Gasteiger partial charge on any atom is 0.264 e. The number of nitrogens with one attached hydrogen (secondary N) is 1. The van der Waals surface area contributed by atoms with Gasteiger partial charge in [0, 0.05) is 12.3 Å². The van der Waals surface area contributed by atoms with Gasteiger partial charge in [0.25, 0.3) is 10.0 Å². The van der Waals surface area contributed by atoms with Gasteiger partial charge in [-0.3, -0.25) is 4.72 Å². The molecule has 0 aliphatic rings. The molecule has 0 amide bonds. The molecule has 0 saturated heterocycles. The Morgan fingerprint density at radius 2 is 1.95 bits per heavy atom. The molecule has 1 aromatic heterocycles. The standard InChI is InChI=1S/C11H7BrF2N2O2S/c12-11-9(2-1-5-15-11)16-19(17,18)10-4-3-7(13)6-8(10)14/h1-6,16H. The fourth-order valence-corrected chi connectivity index (χ4v) is 2.96. The predicted octanol–water partition coefficient (Wildman–Crippen LogP) is 2.92. The van der Waals surface area contributed by atoms with Gasteiger partial charge in [0.1, 0.15) is 21.1 Å². The summed E-state index contributed by atoms with van der Waals surface area (Å²) in [6.07, 6.45) is 1.46. The van der Waals surface area contributed by atoms with Crippen LogP contribution in [0.15, 0.2) is 46.0 Å². The van der Waals surface area contributed by atoms with Crippen LogP contribution in [0.5, 0.6) is 0 Å². The predicted molar refractivity (Wildman–Crippen MR) is 69.1 cm³/mol. The number of benzene rings is 1. The smallest absolute Gasteiger partial charge is 0.264 e. The zero-order chi connectivity index (χ0) is 14.0.